The monoisotopic (exact) mass is 355 g/mol. The first-order valence-corrected chi connectivity index (χ1v) is 9.08. The van der Waals surface area contributed by atoms with E-state index < -0.39 is 20.0 Å². The minimum absolute atomic E-state index is 0. The van der Waals surface area contributed by atoms with Crippen LogP contribution in [0.2, 0.25) is 0 Å². The van der Waals surface area contributed by atoms with Crippen LogP contribution in [0.25, 0.3) is 0 Å². The van der Waals surface area contributed by atoms with Crippen LogP contribution in [0.3, 0.4) is 0 Å². The Morgan fingerprint density at radius 1 is 1.05 bits per heavy atom. The summed E-state index contributed by atoms with van der Waals surface area (Å²) in [5, 5.41) is 3.07. The summed E-state index contributed by atoms with van der Waals surface area (Å²) in [6.07, 6.45) is 0.742. The second-order valence-electron chi connectivity index (χ2n) is 4.49. The highest BCUT2D eigenvalue weighted by molar-refractivity contribution is 7.90. The van der Waals surface area contributed by atoms with Crippen LogP contribution in [0.5, 0.6) is 0 Å². The maximum Gasteiger partial charge on any atom is 0.240 e. The number of hydrogen-bond donors (Lipinski definition) is 3. The molecule has 10 heteroatoms. The summed E-state index contributed by atoms with van der Waals surface area (Å²) in [4.78, 5) is 0.0842. The Bertz CT molecular complexity index is 668. The second kappa shape index (κ2) is 7.03. The zero-order chi connectivity index (χ0) is 14.8. The Balaban J connectivity index is 0.00000220. The zero-order valence-electron chi connectivity index (χ0n) is 11.4. The molecule has 0 amide bonds. The van der Waals surface area contributed by atoms with Crippen LogP contribution in [0.4, 0.5) is 0 Å². The summed E-state index contributed by atoms with van der Waals surface area (Å²) in [6, 6.07) is 4.99. The minimum atomic E-state index is -3.62. The first kappa shape index (κ1) is 18.3. The van der Waals surface area contributed by atoms with E-state index in [9.17, 15) is 16.8 Å². The van der Waals surface area contributed by atoms with Gasteiger partial charge in [-0.1, -0.05) is 0 Å². The van der Waals surface area contributed by atoms with Crippen molar-refractivity contribution in [2.45, 2.75) is 22.3 Å². The van der Waals surface area contributed by atoms with Crippen molar-refractivity contribution in [1.29, 1.82) is 0 Å². The van der Waals surface area contributed by atoms with Crippen LogP contribution < -0.4 is 14.8 Å². The second-order valence-corrected chi connectivity index (χ2v) is 8.09. The van der Waals surface area contributed by atoms with Crippen molar-refractivity contribution in [3.05, 3.63) is 24.3 Å². The number of nitrogens with one attached hydrogen (secondary N) is 3. The fraction of sp³-hybridized carbons (Fsp3) is 0.455. The topological polar surface area (TPSA) is 104 Å². The van der Waals surface area contributed by atoms with Crippen molar-refractivity contribution in [3.63, 3.8) is 0 Å². The fourth-order valence-corrected chi connectivity index (χ4v) is 3.96. The molecule has 0 bridgehead atoms. The Labute approximate surface area is 131 Å². The normalized spacial score (nSPS) is 19.2. The van der Waals surface area contributed by atoms with Crippen LogP contribution in [0.15, 0.2) is 34.1 Å². The molecule has 1 atom stereocenters. The Kier molecular flexibility index (Phi) is 6.14. The average molecular weight is 356 g/mol. The van der Waals surface area contributed by atoms with Crippen molar-refractivity contribution >= 4 is 32.5 Å². The maximum atomic E-state index is 12.1. The molecule has 3 N–H and O–H groups in total. The van der Waals surface area contributed by atoms with Gasteiger partial charge in [0, 0.05) is 12.6 Å². The number of halogens is 1. The number of sulfonamides is 2. The van der Waals surface area contributed by atoms with Crippen LogP contribution >= 0.6 is 12.4 Å². The van der Waals surface area contributed by atoms with Crippen molar-refractivity contribution in [1.82, 2.24) is 14.8 Å². The zero-order valence-corrected chi connectivity index (χ0v) is 13.8. The summed E-state index contributed by atoms with van der Waals surface area (Å²) in [5.74, 6) is 0. The van der Waals surface area contributed by atoms with Gasteiger partial charge in [0.25, 0.3) is 0 Å². The van der Waals surface area contributed by atoms with Crippen LogP contribution in [-0.2, 0) is 20.0 Å². The van der Waals surface area contributed by atoms with E-state index in [4.69, 9.17) is 0 Å². The average Bonchev–Trinajstić information content (AvgIpc) is 2.91. The summed E-state index contributed by atoms with van der Waals surface area (Å²) >= 11 is 0. The molecule has 1 aliphatic rings. The third-order valence-corrected chi connectivity index (χ3v) is 6.06. The number of rotatable bonds is 5. The SMILES string of the molecule is CNS(=O)(=O)c1ccc(S(=O)(=O)NC2CCNC2)cc1.Cl. The molecule has 0 aromatic heterocycles. The summed E-state index contributed by atoms with van der Waals surface area (Å²) in [7, 11) is -5.88. The van der Waals surface area contributed by atoms with Crippen LogP contribution in [-0.4, -0.2) is 43.0 Å². The van der Waals surface area contributed by atoms with Crippen molar-refractivity contribution in [2.75, 3.05) is 20.1 Å². The molecule has 0 spiro atoms. The molecule has 120 valence electrons. The highest BCUT2D eigenvalue weighted by Crippen LogP contribution is 2.15. The van der Waals surface area contributed by atoms with Gasteiger partial charge in [0.2, 0.25) is 20.0 Å². The van der Waals surface area contributed by atoms with Gasteiger partial charge in [0.1, 0.15) is 0 Å². The molecule has 1 aliphatic heterocycles. The van der Waals surface area contributed by atoms with Crippen LogP contribution in [0, 0.1) is 0 Å². The quantitative estimate of drug-likeness (QED) is 0.670. The van der Waals surface area contributed by atoms with Gasteiger partial charge in [-0.25, -0.2) is 26.3 Å². The molecule has 0 saturated carbocycles. The van der Waals surface area contributed by atoms with E-state index in [1.807, 2.05) is 0 Å². The molecule has 1 aromatic rings. The number of benzene rings is 1. The molecule has 1 unspecified atom stereocenters. The summed E-state index contributed by atoms with van der Waals surface area (Å²) < 4.78 is 52.1. The van der Waals surface area contributed by atoms with E-state index in [2.05, 4.69) is 14.8 Å². The van der Waals surface area contributed by atoms with Gasteiger partial charge in [0.15, 0.2) is 0 Å². The lowest BCUT2D eigenvalue weighted by atomic mass is 10.3. The molecule has 2 rings (SSSR count). The smallest absolute Gasteiger partial charge is 0.240 e. The molecule has 7 nitrogen and oxygen atoms in total. The largest absolute Gasteiger partial charge is 0.315 e. The first-order chi connectivity index (χ1) is 9.35. The Morgan fingerprint density at radius 2 is 1.57 bits per heavy atom. The molecular weight excluding hydrogens is 338 g/mol. The molecular formula is C11H18ClN3O4S2. The lowest BCUT2D eigenvalue weighted by Gasteiger charge is -2.12. The molecule has 1 aromatic carbocycles. The highest BCUT2D eigenvalue weighted by Gasteiger charge is 2.23. The summed E-state index contributed by atoms with van der Waals surface area (Å²) in [5.41, 5.74) is 0. The molecule has 1 fully saturated rings. The van der Waals surface area contributed by atoms with Crippen molar-refractivity contribution < 1.29 is 16.8 Å². The number of hydrogen-bond acceptors (Lipinski definition) is 5. The third-order valence-electron chi connectivity index (χ3n) is 3.10. The van der Waals surface area contributed by atoms with Gasteiger partial charge in [-0.2, -0.15) is 0 Å². The van der Waals surface area contributed by atoms with Gasteiger partial charge >= 0.3 is 0 Å². The lowest BCUT2D eigenvalue weighted by molar-refractivity contribution is 0.559. The van der Waals surface area contributed by atoms with Crippen LogP contribution in [0.1, 0.15) is 6.42 Å². The molecule has 1 saturated heterocycles. The van der Waals surface area contributed by atoms with E-state index >= 15 is 0 Å². The van der Waals surface area contributed by atoms with Gasteiger partial charge < -0.3 is 5.32 Å². The Morgan fingerprint density at radius 3 is 2.00 bits per heavy atom. The van der Waals surface area contributed by atoms with E-state index in [0.29, 0.717) is 6.54 Å². The predicted molar refractivity (Wildman–Crippen MR) is 81.5 cm³/mol. The lowest BCUT2D eigenvalue weighted by Crippen LogP contribution is -2.36. The third kappa shape index (κ3) is 4.38. The molecule has 21 heavy (non-hydrogen) atoms. The van der Waals surface area contributed by atoms with Crippen molar-refractivity contribution in [2.24, 2.45) is 0 Å². The van der Waals surface area contributed by atoms with E-state index in [1.165, 1.54) is 31.3 Å². The first-order valence-electron chi connectivity index (χ1n) is 6.12. The Hall–Kier alpha value is -0.710. The van der Waals surface area contributed by atoms with E-state index in [1.54, 1.807) is 0 Å². The fourth-order valence-electron chi connectivity index (χ4n) is 1.96. The van der Waals surface area contributed by atoms with Gasteiger partial charge in [-0.15, -0.1) is 12.4 Å². The maximum absolute atomic E-state index is 12.1. The minimum Gasteiger partial charge on any atom is -0.315 e. The van der Waals surface area contributed by atoms with Crippen molar-refractivity contribution in [3.8, 4) is 0 Å². The van der Waals surface area contributed by atoms with Gasteiger partial charge in [-0.3, -0.25) is 0 Å². The molecule has 1 heterocycles. The molecule has 0 radical (unpaired) electrons. The predicted octanol–water partition coefficient (Wildman–Crippen LogP) is -0.343. The standard InChI is InChI=1S/C11H17N3O4S2.ClH/c1-12-19(15,16)10-2-4-11(5-3-10)20(17,18)14-9-6-7-13-8-9;/h2-5,9,12-14H,6-8H2,1H3;1H. The van der Waals surface area contributed by atoms with E-state index in [0.717, 1.165) is 13.0 Å². The van der Waals surface area contributed by atoms with Gasteiger partial charge in [-0.05, 0) is 44.3 Å². The molecule has 0 aliphatic carbocycles. The summed E-state index contributed by atoms with van der Waals surface area (Å²) in [6.45, 7) is 1.39. The highest BCUT2D eigenvalue weighted by atomic mass is 35.5. The van der Waals surface area contributed by atoms with Gasteiger partial charge in [0.05, 0.1) is 9.79 Å². The van der Waals surface area contributed by atoms with E-state index in [-0.39, 0.29) is 28.2 Å².